The number of cyclic esters (lactones) is 1. The van der Waals surface area contributed by atoms with Crippen LogP contribution >= 0.6 is 0 Å². The van der Waals surface area contributed by atoms with Crippen molar-refractivity contribution >= 4 is 27.8 Å². The molecule has 4 heterocycles. The first-order chi connectivity index (χ1) is 18.2. The molecule has 3 saturated heterocycles. The maximum Gasteiger partial charge on any atom is 0.410 e. The van der Waals surface area contributed by atoms with Gasteiger partial charge in [0.05, 0.1) is 11.8 Å². The molecule has 2 N–H and O–H groups in total. The van der Waals surface area contributed by atoms with Gasteiger partial charge in [-0.15, -0.1) is 0 Å². The summed E-state index contributed by atoms with van der Waals surface area (Å²) in [5.74, 6) is -1.46. The molecule has 3 atom stereocenters. The third-order valence-electron chi connectivity index (χ3n) is 8.21. The molecular formula is C26H41N5O6S. The number of nitrogens with one attached hydrogen (secondary N) is 1. The van der Waals surface area contributed by atoms with Crippen LogP contribution in [0.5, 0.6) is 0 Å². The second-order valence-corrected chi connectivity index (χ2v) is 12.6. The maximum absolute atomic E-state index is 12.8. The largest absolute Gasteiger partial charge is 0.480 e. The summed E-state index contributed by atoms with van der Waals surface area (Å²) in [7, 11) is -3.63. The van der Waals surface area contributed by atoms with E-state index in [0.717, 1.165) is 38.0 Å². The number of pyridine rings is 1. The Morgan fingerprint density at radius 3 is 2.42 bits per heavy atom. The summed E-state index contributed by atoms with van der Waals surface area (Å²) in [5, 5.41) is 9.70. The quantitative estimate of drug-likeness (QED) is 0.424. The number of carboxylic acid groups (broad SMARTS) is 1. The van der Waals surface area contributed by atoms with Gasteiger partial charge in [0, 0.05) is 43.8 Å². The number of aliphatic carboxylic acids is 1. The topological polar surface area (TPSA) is 132 Å². The number of likely N-dealkylation sites (tertiary alicyclic amines) is 1. The average molecular weight is 552 g/mol. The molecule has 1 amide bonds. The Morgan fingerprint density at radius 2 is 1.82 bits per heavy atom. The fraction of sp³-hybridized carbons (Fsp3) is 0.731. The number of sulfonamides is 1. The Labute approximate surface area is 225 Å². The highest BCUT2D eigenvalue weighted by atomic mass is 32.2. The minimum atomic E-state index is -3.63. The van der Waals surface area contributed by atoms with Gasteiger partial charge < -0.3 is 14.7 Å². The van der Waals surface area contributed by atoms with Crippen molar-refractivity contribution in [2.24, 2.45) is 5.92 Å². The molecule has 1 aromatic rings. The van der Waals surface area contributed by atoms with E-state index >= 15 is 0 Å². The predicted octanol–water partition coefficient (Wildman–Crippen LogP) is 2.14. The molecular weight excluding hydrogens is 510 g/mol. The molecule has 212 valence electrons. The molecule has 0 saturated carbocycles. The third-order valence-corrected chi connectivity index (χ3v) is 9.65. The minimum absolute atomic E-state index is 0.0464. The molecule has 3 fully saturated rings. The predicted molar refractivity (Wildman–Crippen MR) is 143 cm³/mol. The van der Waals surface area contributed by atoms with E-state index in [4.69, 9.17) is 4.74 Å². The zero-order valence-corrected chi connectivity index (χ0v) is 23.2. The van der Waals surface area contributed by atoms with Crippen LogP contribution in [0.3, 0.4) is 0 Å². The number of anilines is 1. The molecule has 38 heavy (non-hydrogen) atoms. The van der Waals surface area contributed by atoms with E-state index in [-0.39, 0.29) is 36.0 Å². The van der Waals surface area contributed by atoms with Crippen molar-refractivity contribution in [3.8, 4) is 0 Å². The molecule has 4 rings (SSSR count). The van der Waals surface area contributed by atoms with Crippen molar-refractivity contribution in [1.82, 2.24) is 19.5 Å². The second kappa shape index (κ2) is 12.6. The zero-order chi connectivity index (χ0) is 27.3. The molecule has 3 aliphatic heterocycles. The van der Waals surface area contributed by atoms with Crippen LogP contribution in [0.2, 0.25) is 0 Å². The van der Waals surface area contributed by atoms with Crippen LogP contribution < -0.4 is 9.62 Å². The van der Waals surface area contributed by atoms with Gasteiger partial charge in [0.1, 0.15) is 12.1 Å². The average Bonchev–Trinajstić information content (AvgIpc) is 3.19. The number of rotatable bonds is 11. The summed E-state index contributed by atoms with van der Waals surface area (Å²) < 4.78 is 32.9. The SMILES string of the molecule is CCCCS(=O)(=O)NC(C(=O)O)C1CCN(CC2OC(=O)N(C3CCN(c4ccncc4)CC3)C2C)CC1. The number of carbonyl (C=O) groups excluding carboxylic acids is 1. The van der Waals surface area contributed by atoms with E-state index < -0.39 is 22.0 Å². The first kappa shape index (κ1) is 28.6. The zero-order valence-electron chi connectivity index (χ0n) is 22.4. The van der Waals surface area contributed by atoms with Gasteiger partial charge in [-0.2, -0.15) is 0 Å². The molecule has 0 bridgehead atoms. The highest BCUT2D eigenvalue weighted by molar-refractivity contribution is 7.89. The number of hydrogen-bond donors (Lipinski definition) is 2. The first-order valence-corrected chi connectivity index (χ1v) is 15.4. The number of aromatic nitrogens is 1. The highest BCUT2D eigenvalue weighted by Gasteiger charge is 2.44. The fourth-order valence-electron chi connectivity index (χ4n) is 5.92. The number of piperidine rings is 2. The highest BCUT2D eigenvalue weighted by Crippen LogP contribution is 2.30. The van der Waals surface area contributed by atoms with E-state index in [1.165, 1.54) is 0 Å². The summed E-state index contributed by atoms with van der Waals surface area (Å²) >= 11 is 0. The summed E-state index contributed by atoms with van der Waals surface area (Å²) in [6.45, 7) is 7.54. The second-order valence-electron chi connectivity index (χ2n) is 10.7. The standard InChI is InChI=1S/C26H41N5O6S/c1-3-4-17-38(35,36)28-24(25(32)33)20-7-13-29(14-8-20)18-23-19(2)31(26(34)37-23)22-9-15-30(16-10-22)21-5-11-27-12-6-21/h5-6,11-12,19-20,22-24,28H,3-4,7-10,13-18H2,1-2H3,(H,32,33). The molecule has 0 aromatic carbocycles. The lowest BCUT2D eigenvalue weighted by Gasteiger charge is -2.39. The number of carbonyl (C=O) groups is 2. The van der Waals surface area contributed by atoms with Crippen LogP contribution in [0.15, 0.2) is 24.5 Å². The van der Waals surface area contributed by atoms with Crippen molar-refractivity contribution in [1.29, 1.82) is 0 Å². The number of hydrogen-bond acceptors (Lipinski definition) is 8. The van der Waals surface area contributed by atoms with Crippen LogP contribution in [0.25, 0.3) is 0 Å². The third kappa shape index (κ3) is 6.95. The van der Waals surface area contributed by atoms with Gasteiger partial charge in [-0.3, -0.25) is 19.6 Å². The van der Waals surface area contributed by atoms with Crippen LogP contribution in [-0.4, -0.2) is 103 Å². The van der Waals surface area contributed by atoms with Gasteiger partial charge in [-0.1, -0.05) is 13.3 Å². The Kier molecular flexibility index (Phi) is 9.48. The monoisotopic (exact) mass is 551 g/mol. The van der Waals surface area contributed by atoms with Gasteiger partial charge in [-0.05, 0) is 70.2 Å². The number of unbranched alkanes of at least 4 members (excludes halogenated alkanes) is 1. The van der Waals surface area contributed by atoms with E-state index in [1.54, 1.807) is 12.4 Å². The Balaban J connectivity index is 1.26. The Morgan fingerprint density at radius 1 is 1.16 bits per heavy atom. The van der Waals surface area contributed by atoms with Gasteiger partial charge in [0.15, 0.2) is 0 Å². The molecule has 0 spiro atoms. The molecule has 3 unspecified atom stereocenters. The van der Waals surface area contributed by atoms with Gasteiger partial charge in [0.25, 0.3) is 0 Å². The smallest absolute Gasteiger partial charge is 0.410 e. The maximum atomic E-state index is 12.8. The lowest BCUT2D eigenvalue weighted by molar-refractivity contribution is -0.140. The van der Waals surface area contributed by atoms with Crippen molar-refractivity contribution in [2.45, 2.75) is 76.6 Å². The lowest BCUT2D eigenvalue weighted by atomic mass is 9.89. The normalized spacial score (nSPS) is 24.9. The van der Waals surface area contributed by atoms with Gasteiger partial charge >= 0.3 is 12.1 Å². The number of carboxylic acids is 1. The van der Waals surface area contributed by atoms with Crippen LogP contribution in [0.4, 0.5) is 10.5 Å². The van der Waals surface area contributed by atoms with Crippen LogP contribution in [-0.2, 0) is 19.6 Å². The molecule has 3 aliphatic rings. The number of ether oxygens (including phenoxy) is 1. The van der Waals surface area contributed by atoms with Gasteiger partial charge in [0.2, 0.25) is 10.0 Å². The molecule has 1 aromatic heterocycles. The first-order valence-electron chi connectivity index (χ1n) is 13.8. The lowest BCUT2D eigenvalue weighted by Crippen LogP contribution is -2.52. The molecule has 11 nitrogen and oxygen atoms in total. The number of nitrogens with zero attached hydrogens (tertiary/aromatic N) is 4. The summed E-state index contributed by atoms with van der Waals surface area (Å²) in [4.78, 5) is 35.2. The summed E-state index contributed by atoms with van der Waals surface area (Å²) in [6, 6.07) is 2.99. The summed E-state index contributed by atoms with van der Waals surface area (Å²) in [6.07, 6.45) is 7.20. The molecule has 12 heteroatoms. The fourth-order valence-corrected chi connectivity index (χ4v) is 7.39. The van der Waals surface area contributed by atoms with E-state index in [1.807, 2.05) is 30.9 Å². The van der Waals surface area contributed by atoms with Crippen molar-refractivity contribution < 1.29 is 27.9 Å². The Bertz CT molecular complexity index is 1040. The summed E-state index contributed by atoms with van der Waals surface area (Å²) in [5.41, 5.74) is 1.15. The van der Waals surface area contributed by atoms with Crippen LogP contribution in [0.1, 0.15) is 52.4 Å². The Hall–Kier alpha value is -2.44. The van der Waals surface area contributed by atoms with E-state index in [0.29, 0.717) is 38.9 Å². The van der Waals surface area contributed by atoms with Crippen LogP contribution in [0, 0.1) is 5.92 Å². The minimum Gasteiger partial charge on any atom is -0.480 e. The van der Waals surface area contributed by atoms with Gasteiger partial charge in [-0.25, -0.2) is 17.9 Å². The molecule has 0 aliphatic carbocycles. The van der Waals surface area contributed by atoms with Crippen molar-refractivity contribution in [3.63, 3.8) is 0 Å². The van der Waals surface area contributed by atoms with E-state index in [9.17, 15) is 23.1 Å². The van der Waals surface area contributed by atoms with Crippen molar-refractivity contribution in [2.75, 3.05) is 43.4 Å². The van der Waals surface area contributed by atoms with Crippen molar-refractivity contribution in [3.05, 3.63) is 24.5 Å². The van der Waals surface area contributed by atoms with E-state index in [2.05, 4.69) is 19.5 Å². The molecule has 0 radical (unpaired) electrons. The number of amides is 1.